The van der Waals surface area contributed by atoms with Crippen molar-refractivity contribution in [2.75, 3.05) is 6.54 Å². The van der Waals surface area contributed by atoms with E-state index < -0.39 is 30.2 Å². The first-order valence-electron chi connectivity index (χ1n) is 9.81. The third-order valence-corrected chi connectivity index (χ3v) is 4.69. The fraction of sp³-hybridized carbons (Fsp3) is 0.842. The van der Waals surface area contributed by atoms with Crippen molar-refractivity contribution < 1.29 is 19.5 Å². The van der Waals surface area contributed by atoms with E-state index in [0.717, 1.165) is 43.4 Å². The van der Waals surface area contributed by atoms with Crippen molar-refractivity contribution >= 4 is 17.8 Å². The summed E-state index contributed by atoms with van der Waals surface area (Å²) in [5, 5.41) is 9.07. The zero-order chi connectivity index (χ0) is 20.1. The zero-order valence-electron chi connectivity index (χ0n) is 16.6. The van der Waals surface area contributed by atoms with Crippen LogP contribution in [0, 0.1) is 5.92 Å². The molecule has 0 rings (SSSR count). The molecule has 3 atom stereocenters. The van der Waals surface area contributed by atoms with Gasteiger partial charge in [-0.1, -0.05) is 52.9 Å². The van der Waals surface area contributed by atoms with E-state index in [-0.39, 0.29) is 18.5 Å². The van der Waals surface area contributed by atoms with Crippen LogP contribution in [0.25, 0.3) is 0 Å². The number of amides is 2. The first-order chi connectivity index (χ1) is 12.2. The third-order valence-electron chi connectivity index (χ3n) is 4.69. The smallest absolute Gasteiger partial charge is 0.323 e. The Hall–Kier alpha value is -1.47. The van der Waals surface area contributed by atoms with Crippen LogP contribution in [-0.4, -0.2) is 46.4 Å². The van der Waals surface area contributed by atoms with Crippen molar-refractivity contribution in [2.45, 2.75) is 90.6 Å². The molecule has 0 aliphatic rings. The number of nitrogens with two attached hydrogens (primary N) is 2. The molecule has 0 aliphatic carbocycles. The van der Waals surface area contributed by atoms with E-state index in [9.17, 15) is 14.4 Å². The van der Waals surface area contributed by atoms with Crippen LogP contribution < -0.4 is 11.5 Å². The number of nitrogens with zero attached hydrogens (tertiary/aromatic N) is 1. The molecular weight excluding hydrogens is 334 g/mol. The van der Waals surface area contributed by atoms with Crippen LogP contribution >= 0.6 is 0 Å². The summed E-state index contributed by atoms with van der Waals surface area (Å²) in [5.41, 5.74) is 12.0. The lowest BCUT2D eigenvalue weighted by Crippen LogP contribution is -2.47. The Labute approximate surface area is 157 Å². The van der Waals surface area contributed by atoms with Gasteiger partial charge < -0.3 is 16.6 Å². The van der Waals surface area contributed by atoms with Crippen molar-refractivity contribution in [3.63, 3.8) is 0 Å². The second-order valence-corrected chi connectivity index (χ2v) is 7.10. The first-order valence-corrected chi connectivity index (χ1v) is 9.81. The molecule has 0 aromatic heterocycles. The number of rotatable bonds is 14. The maximum Gasteiger partial charge on any atom is 0.323 e. The van der Waals surface area contributed by atoms with Crippen molar-refractivity contribution in [2.24, 2.45) is 17.4 Å². The number of unbranched alkanes of at least 4 members (excludes halogenated alkanes) is 3. The van der Waals surface area contributed by atoms with Gasteiger partial charge in [-0.2, -0.15) is 0 Å². The summed E-state index contributed by atoms with van der Waals surface area (Å²) >= 11 is 0. The predicted octanol–water partition coefficient (Wildman–Crippen LogP) is 2.27. The van der Waals surface area contributed by atoms with Gasteiger partial charge >= 0.3 is 5.97 Å². The van der Waals surface area contributed by atoms with Crippen LogP contribution in [0.3, 0.4) is 0 Å². The van der Waals surface area contributed by atoms with Gasteiger partial charge in [0.2, 0.25) is 11.8 Å². The number of carboxylic acid groups (broad SMARTS) is 1. The van der Waals surface area contributed by atoms with Crippen LogP contribution in [0.5, 0.6) is 0 Å². The lowest BCUT2D eigenvalue weighted by molar-refractivity contribution is -0.154. The summed E-state index contributed by atoms with van der Waals surface area (Å²) in [7, 11) is 0. The minimum absolute atomic E-state index is 0.0711. The largest absolute Gasteiger partial charge is 0.480 e. The molecule has 0 fully saturated rings. The summed E-state index contributed by atoms with van der Waals surface area (Å²) < 4.78 is 0. The minimum atomic E-state index is -1.21. The molecule has 152 valence electrons. The highest BCUT2D eigenvalue weighted by Gasteiger charge is 2.30. The molecule has 0 saturated carbocycles. The fourth-order valence-electron chi connectivity index (χ4n) is 2.79. The molecule has 0 unspecified atom stereocenters. The van der Waals surface area contributed by atoms with Gasteiger partial charge in [0.15, 0.2) is 0 Å². The van der Waals surface area contributed by atoms with Gasteiger partial charge in [0, 0.05) is 18.5 Å². The molecule has 7 nitrogen and oxygen atoms in total. The van der Waals surface area contributed by atoms with E-state index in [2.05, 4.69) is 13.8 Å². The number of hydrogen-bond acceptors (Lipinski definition) is 5. The van der Waals surface area contributed by atoms with Gasteiger partial charge in [-0.3, -0.25) is 19.3 Å². The summed E-state index contributed by atoms with van der Waals surface area (Å²) in [4.78, 5) is 37.0. The second-order valence-electron chi connectivity index (χ2n) is 7.10. The molecule has 0 heterocycles. The van der Waals surface area contributed by atoms with Crippen molar-refractivity contribution in [3.8, 4) is 0 Å². The molecule has 0 radical (unpaired) electrons. The van der Waals surface area contributed by atoms with Crippen LogP contribution in [0.1, 0.15) is 78.6 Å². The maximum absolute atomic E-state index is 12.6. The molecule has 0 aromatic carbocycles. The van der Waals surface area contributed by atoms with Crippen molar-refractivity contribution in [1.82, 2.24) is 4.90 Å². The minimum Gasteiger partial charge on any atom is -0.480 e. The van der Waals surface area contributed by atoms with Gasteiger partial charge in [0.25, 0.3) is 0 Å². The molecule has 26 heavy (non-hydrogen) atoms. The molecule has 0 saturated heterocycles. The van der Waals surface area contributed by atoms with E-state index in [4.69, 9.17) is 16.6 Å². The molecule has 5 N–H and O–H groups in total. The lowest BCUT2D eigenvalue weighted by atomic mass is 9.95. The number of hydrogen-bond donors (Lipinski definition) is 3. The summed E-state index contributed by atoms with van der Waals surface area (Å²) in [5.74, 6) is -2.81. The number of carbonyl (C=O) groups is 3. The van der Waals surface area contributed by atoms with Crippen LogP contribution in [0.15, 0.2) is 0 Å². The van der Waals surface area contributed by atoms with E-state index in [0.29, 0.717) is 12.8 Å². The molecule has 7 heteroatoms. The third kappa shape index (κ3) is 9.87. The second kappa shape index (κ2) is 13.7. The topological polar surface area (TPSA) is 127 Å². The number of aliphatic carboxylic acids is 1. The normalized spacial score (nSPS) is 14.5. The Balaban J connectivity index is 4.80. The summed E-state index contributed by atoms with van der Waals surface area (Å²) in [6, 6.07) is -0.501. The molecule has 0 bridgehead atoms. The average Bonchev–Trinajstić information content (AvgIpc) is 2.61. The molecule has 0 aliphatic heterocycles. The molecular formula is C19H37N3O4. The Morgan fingerprint density at radius 2 is 1.58 bits per heavy atom. The van der Waals surface area contributed by atoms with E-state index in [1.54, 1.807) is 6.92 Å². The van der Waals surface area contributed by atoms with Gasteiger partial charge in [0.05, 0.1) is 5.92 Å². The molecule has 2 amide bonds. The van der Waals surface area contributed by atoms with Crippen molar-refractivity contribution in [3.05, 3.63) is 0 Å². The van der Waals surface area contributed by atoms with Crippen LogP contribution in [0.2, 0.25) is 0 Å². The van der Waals surface area contributed by atoms with Gasteiger partial charge in [-0.25, -0.2) is 0 Å². The van der Waals surface area contributed by atoms with Gasteiger partial charge in [-0.05, 0) is 19.3 Å². The van der Waals surface area contributed by atoms with Gasteiger partial charge in [-0.15, -0.1) is 0 Å². The Morgan fingerprint density at radius 1 is 0.962 bits per heavy atom. The highest BCUT2D eigenvalue weighted by atomic mass is 16.4. The highest BCUT2D eigenvalue weighted by Crippen LogP contribution is 2.15. The summed E-state index contributed by atoms with van der Waals surface area (Å²) in [6.07, 6.45) is 7.01. The van der Waals surface area contributed by atoms with Crippen LogP contribution in [0.4, 0.5) is 0 Å². The molecule has 0 spiro atoms. The standard InChI is InChI=1S/C19H37N3O4/c1-4-6-8-10-16(21)14(3)19(26)22(13-18(24)25)17(23)12-11-15(20)9-7-5-2/h14-16H,4-13,20-21H2,1-3H3,(H,24,25)/t14-,15+,16+/m1/s1. The average molecular weight is 372 g/mol. The predicted molar refractivity (Wildman–Crippen MR) is 102 cm³/mol. The Kier molecular flexibility index (Phi) is 12.9. The summed E-state index contributed by atoms with van der Waals surface area (Å²) in [6.45, 7) is 5.18. The quantitative estimate of drug-likeness (QED) is 0.402. The van der Waals surface area contributed by atoms with E-state index in [1.807, 2.05) is 0 Å². The highest BCUT2D eigenvalue weighted by molar-refractivity contribution is 5.99. The van der Waals surface area contributed by atoms with E-state index >= 15 is 0 Å². The Bertz CT molecular complexity index is 443. The SMILES string of the molecule is CCCCC[C@H](N)[C@@H](C)C(=O)N(CC(=O)O)C(=O)CC[C@@H](N)CCCC. The number of imide groups is 1. The fourth-order valence-corrected chi connectivity index (χ4v) is 2.79. The molecule has 0 aromatic rings. The zero-order valence-corrected chi connectivity index (χ0v) is 16.6. The first kappa shape index (κ1) is 24.5. The maximum atomic E-state index is 12.6. The number of carboxylic acids is 1. The van der Waals surface area contributed by atoms with Crippen LogP contribution in [-0.2, 0) is 14.4 Å². The Morgan fingerprint density at radius 3 is 2.12 bits per heavy atom. The lowest BCUT2D eigenvalue weighted by Gasteiger charge is -2.26. The van der Waals surface area contributed by atoms with Gasteiger partial charge in [0.1, 0.15) is 6.54 Å². The van der Waals surface area contributed by atoms with E-state index in [1.165, 1.54) is 0 Å². The monoisotopic (exact) mass is 371 g/mol. The number of carbonyl (C=O) groups excluding carboxylic acids is 2. The van der Waals surface area contributed by atoms with Crippen molar-refractivity contribution in [1.29, 1.82) is 0 Å².